The molecule has 2 nitrogen and oxygen atoms in total. The molecule has 174 valence electrons. The van der Waals surface area contributed by atoms with E-state index < -0.39 is 8.07 Å². The first kappa shape index (κ1) is 26.5. The van der Waals surface area contributed by atoms with Crippen LogP contribution < -0.4 is 5.32 Å². The molecular weight excluding hydrogens is 418 g/mol. The summed E-state index contributed by atoms with van der Waals surface area (Å²) in [5.41, 5.74) is 8.96. The van der Waals surface area contributed by atoms with Crippen LogP contribution in [-0.4, -0.2) is 20.5 Å². The lowest BCUT2D eigenvalue weighted by Gasteiger charge is -2.38. The van der Waals surface area contributed by atoms with Gasteiger partial charge in [-0.05, 0) is 59.4 Å². The van der Waals surface area contributed by atoms with Crippen molar-refractivity contribution in [1.82, 2.24) is 5.32 Å². The molecule has 0 aliphatic rings. The predicted molar refractivity (Wildman–Crippen MR) is 144 cm³/mol. The van der Waals surface area contributed by atoms with Crippen LogP contribution in [0.25, 0.3) is 0 Å². The zero-order chi connectivity index (χ0) is 24.4. The molecule has 0 fully saturated rings. The maximum atomic E-state index is 12.5. The summed E-state index contributed by atoms with van der Waals surface area (Å²) in [4.78, 5) is 12.5. The quantitative estimate of drug-likeness (QED) is 0.266. The molecule has 1 amide bonds. The van der Waals surface area contributed by atoms with Crippen LogP contribution in [0.1, 0.15) is 88.4 Å². The third-order valence-corrected chi connectivity index (χ3v) is 12.8. The van der Waals surface area contributed by atoms with E-state index in [-0.39, 0.29) is 5.91 Å². The fraction of sp³-hybridized carbons (Fsp3) is 0.433. The summed E-state index contributed by atoms with van der Waals surface area (Å²) in [5, 5.41) is 2.98. The third-order valence-electron chi connectivity index (χ3n) is 6.50. The number of benzene rings is 2. The van der Waals surface area contributed by atoms with Gasteiger partial charge in [-0.3, -0.25) is 4.79 Å². The molecule has 2 rings (SSSR count). The summed E-state index contributed by atoms with van der Waals surface area (Å²) in [6.07, 6.45) is 2.03. The van der Waals surface area contributed by atoms with Crippen molar-refractivity contribution in [3.05, 3.63) is 70.8 Å². The summed E-state index contributed by atoms with van der Waals surface area (Å²) in [6, 6.07) is 15.7. The number of unbranched alkanes of at least 4 members (excludes halogenated alkanes) is 1. The van der Waals surface area contributed by atoms with E-state index in [4.69, 9.17) is 0 Å². The molecule has 0 saturated heterocycles. The Morgan fingerprint density at radius 2 is 1.36 bits per heavy atom. The van der Waals surface area contributed by atoms with Crippen LogP contribution in [0.3, 0.4) is 0 Å². The molecule has 0 aliphatic carbocycles. The van der Waals surface area contributed by atoms with Gasteiger partial charge in [0.25, 0.3) is 5.91 Å². The molecule has 2 aromatic carbocycles. The van der Waals surface area contributed by atoms with Crippen LogP contribution in [0.2, 0.25) is 16.6 Å². The first-order valence-electron chi connectivity index (χ1n) is 12.2. The number of rotatable bonds is 7. The molecule has 0 saturated carbocycles. The van der Waals surface area contributed by atoms with Gasteiger partial charge in [-0.1, -0.05) is 84.8 Å². The van der Waals surface area contributed by atoms with E-state index in [2.05, 4.69) is 89.2 Å². The van der Waals surface area contributed by atoms with Gasteiger partial charge in [0.2, 0.25) is 0 Å². The molecule has 0 aromatic heterocycles. The molecule has 0 unspecified atom stereocenters. The van der Waals surface area contributed by atoms with E-state index in [0.29, 0.717) is 28.7 Å². The number of amides is 1. The van der Waals surface area contributed by atoms with E-state index in [1.54, 1.807) is 0 Å². The van der Waals surface area contributed by atoms with Crippen LogP contribution in [0.4, 0.5) is 0 Å². The van der Waals surface area contributed by atoms with Crippen molar-refractivity contribution in [1.29, 1.82) is 0 Å². The van der Waals surface area contributed by atoms with Gasteiger partial charge in [-0.2, -0.15) is 0 Å². The van der Waals surface area contributed by atoms with Crippen molar-refractivity contribution in [2.24, 2.45) is 0 Å². The van der Waals surface area contributed by atoms with Crippen LogP contribution in [0, 0.1) is 23.3 Å². The Balaban J connectivity index is 2.24. The Morgan fingerprint density at radius 1 is 0.818 bits per heavy atom. The molecule has 0 heterocycles. The molecular formula is C30H39NOSi. The van der Waals surface area contributed by atoms with Gasteiger partial charge in [0.05, 0.1) is 5.56 Å². The number of hydrogen-bond acceptors (Lipinski definition) is 1. The van der Waals surface area contributed by atoms with E-state index in [9.17, 15) is 4.79 Å². The van der Waals surface area contributed by atoms with Gasteiger partial charge >= 0.3 is 0 Å². The summed E-state index contributed by atoms with van der Waals surface area (Å²) in [7, 11) is -1.74. The van der Waals surface area contributed by atoms with Gasteiger partial charge in [0.15, 0.2) is 0 Å². The summed E-state index contributed by atoms with van der Waals surface area (Å²) in [6.45, 7) is 16.8. The number of hydrogen-bond donors (Lipinski definition) is 1. The average Bonchev–Trinajstić information content (AvgIpc) is 2.78. The number of nitrogens with one attached hydrogen (secondary N) is 1. The van der Waals surface area contributed by atoms with Crippen LogP contribution in [0.15, 0.2) is 48.5 Å². The second kappa shape index (κ2) is 12.5. The second-order valence-corrected chi connectivity index (χ2v) is 15.2. The molecule has 0 radical (unpaired) electrons. The monoisotopic (exact) mass is 457 g/mol. The normalized spacial score (nSPS) is 11.1. The topological polar surface area (TPSA) is 29.1 Å². The van der Waals surface area contributed by atoms with Crippen molar-refractivity contribution in [2.45, 2.75) is 77.9 Å². The SMILES string of the molecule is CCCCNC(=O)c1ccccc1C#Cc1ccc(C#C[Si](C(C)C)(C(C)C)C(C)C)cc1. The van der Waals surface area contributed by atoms with Crippen LogP contribution in [-0.2, 0) is 0 Å². The van der Waals surface area contributed by atoms with Crippen molar-refractivity contribution < 1.29 is 4.79 Å². The molecule has 0 aliphatic heterocycles. The summed E-state index contributed by atoms with van der Waals surface area (Å²) in [5.74, 6) is 9.82. The maximum absolute atomic E-state index is 12.5. The molecule has 1 N–H and O–H groups in total. The number of carbonyl (C=O) groups is 1. The van der Waals surface area contributed by atoms with Gasteiger partial charge in [0.1, 0.15) is 8.07 Å². The van der Waals surface area contributed by atoms with Crippen molar-refractivity contribution in [2.75, 3.05) is 6.54 Å². The third kappa shape index (κ3) is 6.86. The maximum Gasteiger partial charge on any atom is 0.252 e. The highest BCUT2D eigenvalue weighted by molar-refractivity contribution is 6.90. The molecule has 0 atom stereocenters. The van der Waals surface area contributed by atoms with Crippen molar-refractivity contribution in [3.63, 3.8) is 0 Å². The minimum atomic E-state index is -1.74. The van der Waals surface area contributed by atoms with E-state index in [0.717, 1.165) is 29.5 Å². The molecule has 33 heavy (non-hydrogen) atoms. The standard InChI is InChI=1S/C30H39NOSi/c1-8-9-21-31-30(32)29-13-11-10-12-28(29)19-18-26-14-16-27(17-15-26)20-22-33(23(2)3,24(4)5)25(6)7/h10-17,23-25H,8-9,21H2,1-7H3,(H,31,32). The van der Waals surface area contributed by atoms with Crippen LogP contribution >= 0.6 is 0 Å². The van der Waals surface area contributed by atoms with Crippen LogP contribution in [0.5, 0.6) is 0 Å². The minimum Gasteiger partial charge on any atom is -0.352 e. The Morgan fingerprint density at radius 3 is 1.91 bits per heavy atom. The fourth-order valence-electron chi connectivity index (χ4n) is 4.65. The zero-order valence-corrected chi connectivity index (χ0v) is 22.4. The second-order valence-electron chi connectivity index (χ2n) is 9.63. The fourth-order valence-corrected chi connectivity index (χ4v) is 9.88. The summed E-state index contributed by atoms with van der Waals surface area (Å²) < 4.78 is 0. The minimum absolute atomic E-state index is 0.0629. The molecule has 3 heteroatoms. The lowest BCUT2D eigenvalue weighted by molar-refractivity contribution is 0.0953. The molecule has 2 aromatic rings. The Bertz CT molecular complexity index is 1020. The first-order valence-corrected chi connectivity index (χ1v) is 14.5. The first-order chi connectivity index (χ1) is 15.7. The Hall–Kier alpha value is -2.75. The van der Waals surface area contributed by atoms with E-state index in [1.807, 2.05) is 36.4 Å². The van der Waals surface area contributed by atoms with Gasteiger partial charge < -0.3 is 5.32 Å². The van der Waals surface area contributed by atoms with E-state index in [1.165, 1.54) is 0 Å². The highest BCUT2D eigenvalue weighted by atomic mass is 28.3. The van der Waals surface area contributed by atoms with Gasteiger partial charge in [-0.25, -0.2) is 0 Å². The average molecular weight is 458 g/mol. The van der Waals surface area contributed by atoms with Gasteiger partial charge in [-0.15, -0.1) is 5.54 Å². The highest BCUT2D eigenvalue weighted by Crippen LogP contribution is 2.40. The van der Waals surface area contributed by atoms with E-state index >= 15 is 0 Å². The smallest absolute Gasteiger partial charge is 0.252 e. The van der Waals surface area contributed by atoms with Gasteiger partial charge in [0, 0.05) is 23.2 Å². The summed E-state index contributed by atoms with van der Waals surface area (Å²) >= 11 is 0. The largest absolute Gasteiger partial charge is 0.352 e. The van der Waals surface area contributed by atoms with Crippen molar-refractivity contribution in [3.8, 4) is 23.3 Å². The predicted octanol–water partition coefficient (Wildman–Crippen LogP) is 7.19. The lowest BCUT2D eigenvalue weighted by Crippen LogP contribution is -2.43. The van der Waals surface area contributed by atoms with Crippen molar-refractivity contribution >= 4 is 14.0 Å². The Labute approximate surface area is 202 Å². The molecule has 0 spiro atoms. The lowest BCUT2D eigenvalue weighted by atomic mass is 10.1. The Kier molecular flexibility index (Phi) is 10.0. The molecule has 0 bridgehead atoms. The number of carbonyl (C=O) groups excluding carboxylic acids is 1. The highest BCUT2D eigenvalue weighted by Gasteiger charge is 2.41. The zero-order valence-electron chi connectivity index (χ0n) is 21.4.